The molecular weight excluding hydrogens is 404 g/mol. The molecule has 27 heavy (non-hydrogen) atoms. The number of rotatable bonds is 4. The topological polar surface area (TPSA) is 67.8 Å². The number of para-hydroxylation sites is 1. The summed E-state index contributed by atoms with van der Waals surface area (Å²) in [6.45, 7) is 3.83. The second kappa shape index (κ2) is 7.93. The van der Waals surface area contributed by atoms with Gasteiger partial charge in [-0.2, -0.15) is 5.06 Å². The Morgan fingerprint density at radius 3 is 2.56 bits per heavy atom. The van der Waals surface area contributed by atoms with Crippen LogP contribution in [0.4, 0.5) is 16.2 Å². The molecule has 2 aromatic carbocycles. The van der Waals surface area contributed by atoms with E-state index in [1.54, 1.807) is 29.3 Å². The van der Waals surface area contributed by atoms with Crippen LogP contribution in [-0.4, -0.2) is 36.5 Å². The Bertz CT molecular complexity index is 850. The largest absolute Gasteiger partial charge is 0.347 e. The number of nitrogens with one attached hydrogen (secondary N) is 2. The highest BCUT2D eigenvalue weighted by Gasteiger charge is 2.50. The zero-order valence-corrected chi connectivity index (χ0v) is 17.1. The molecule has 1 aliphatic rings. The number of hydrogen-bond donors (Lipinski definition) is 3. The summed E-state index contributed by atoms with van der Waals surface area (Å²) in [5.41, 5.74) is 4.46. The van der Waals surface area contributed by atoms with Gasteiger partial charge < -0.3 is 5.32 Å². The molecule has 1 aliphatic heterocycles. The highest BCUT2D eigenvalue weighted by Crippen LogP contribution is 2.42. The fourth-order valence-electron chi connectivity index (χ4n) is 2.76. The lowest BCUT2D eigenvalue weighted by molar-refractivity contribution is -0.110. The van der Waals surface area contributed by atoms with Crippen LogP contribution in [0.15, 0.2) is 54.6 Å². The second-order valence-electron chi connectivity index (χ2n) is 6.48. The summed E-state index contributed by atoms with van der Waals surface area (Å²) in [7, 11) is 0. The van der Waals surface area contributed by atoms with Gasteiger partial charge in [-0.3, -0.25) is 10.6 Å². The van der Waals surface area contributed by atoms with E-state index in [1.165, 1.54) is 11.8 Å². The van der Waals surface area contributed by atoms with Crippen LogP contribution in [0.3, 0.4) is 0 Å². The van der Waals surface area contributed by atoms with Gasteiger partial charge in [0.2, 0.25) is 0 Å². The minimum atomic E-state index is -0.727. The molecule has 2 aromatic rings. The van der Waals surface area contributed by atoms with Gasteiger partial charge in [-0.25, -0.2) is 9.80 Å². The van der Waals surface area contributed by atoms with E-state index in [2.05, 4.69) is 10.7 Å². The molecule has 142 valence electrons. The first-order chi connectivity index (χ1) is 12.8. The number of halogens is 1. The molecule has 0 saturated carbocycles. The van der Waals surface area contributed by atoms with Gasteiger partial charge in [-0.1, -0.05) is 59.8 Å². The van der Waals surface area contributed by atoms with E-state index in [0.717, 1.165) is 5.69 Å². The molecule has 1 saturated heterocycles. The zero-order chi connectivity index (χ0) is 19.6. The Morgan fingerprint density at radius 1 is 1.22 bits per heavy atom. The van der Waals surface area contributed by atoms with Crippen molar-refractivity contribution in [2.45, 2.75) is 24.8 Å². The van der Waals surface area contributed by atoms with E-state index in [-0.39, 0.29) is 0 Å². The van der Waals surface area contributed by atoms with Crippen LogP contribution in [0, 0.1) is 0 Å². The van der Waals surface area contributed by atoms with Gasteiger partial charge in [-0.15, -0.1) is 0 Å². The number of amides is 2. The predicted molar refractivity (Wildman–Crippen MR) is 114 cm³/mol. The summed E-state index contributed by atoms with van der Waals surface area (Å²) in [4.78, 5) is 12.6. The van der Waals surface area contributed by atoms with Gasteiger partial charge >= 0.3 is 6.03 Å². The van der Waals surface area contributed by atoms with Crippen LogP contribution in [0.2, 0.25) is 5.02 Å². The Morgan fingerprint density at radius 2 is 1.89 bits per heavy atom. The van der Waals surface area contributed by atoms with Gasteiger partial charge in [0.05, 0.1) is 10.4 Å². The molecule has 0 radical (unpaired) electrons. The first-order valence-electron chi connectivity index (χ1n) is 8.16. The Kier molecular flexibility index (Phi) is 5.81. The summed E-state index contributed by atoms with van der Waals surface area (Å²) in [6, 6.07) is 15.5. The van der Waals surface area contributed by atoms with E-state index in [4.69, 9.17) is 23.8 Å². The molecule has 1 heterocycles. The molecular formula is C18H19ClN4O2S2. The predicted octanol–water partition coefficient (Wildman–Crippen LogP) is 5.03. The molecule has 0 aliphatic carbocycles. The van der Waals surface area contributed by atoms with Crippen molar-refractivity contribution in [3.63, 3.8) is 0 Å². The molecule has 3 rings (SSSR count). The van der Waals surface area contributed by atoms with Crippen LogP contribution in [0.25, 0.3) is 0 Å². The van der Waals surface area contributed by atoms with Gasteiger partial charge in [0.1, 0.15) is 0 Å². The number of urea groups is 1. The van der Waals surface area contributed by atoms with Gasteiger partial charge in [0.15, 0.2) is 10.5 Å². The summed E-state index contributed by atoms with van der Waals surface area (Å²) < 4.78 is -0.0114. The highest BCUT2D eigenvalue weighted by atomic mass is 35.5. The maximum absolute atomic E-state index is 12.6. The molecule has 1 atom stereocenters. The molecule has 0 bridgehead atoms. The van der Waals surface area contributed by atoms with Crippen molar-refractivity contribution >= 4 is 57.3 Å². The molecule has 0 unspecified atom stereocenters. The number of hydroxylamine groups is 2. The summed E-state index contributed by atoms with van der Waals surface area (Å²) in [5, 5.41) is 16.1. The molecule has 0 aromatic heterocycles. The van der Waals surface area contributed by atoms with Crippen LogP contribution < -0.4 is 10.7 Å². The van der Waals surface area contributed by atoms with Crippen molar-refractivity contribution in [2.75, 3.05) is 10.7 Å². The SMILES string of the molecule is CC1(C)SC(=S)N(Nc2ccccc2)[C@@H]1N(O)C(=O)Nc1cccc(Cl)c1. The molecule has 9 heteroatoms. The fourth-order valence-corrected chi connectivity index (χ4v) is 4.74. The van der Waals surface area contributed by atoms with E-state index in [0.29, 0.717) is 20.1 Å². The van der Waals surface area contributed by atoms with Crippen molar-refractivity contribution in [2.24, 2.45) is 0 Å². The maximum Gasteiger partial charge on any atom is 0.347 e. The van der Waals surface area contributed by atoms with Crippen LogP contribution >= 0.6 is 35.6 Å². The molecule has 3 N–H and O–H groups in total. The van der Waals surface area contributed by atoms with E-state index in [1.807, 2.05) is 44.2 Å². The quantitative estimate of drug-likeness (QED) is 0.365. The van der Waals surface area contributed by atoms with E-state index in [9.17, 15) is 10.0 Å². The van der Waals surface area contributed by atoms with Crippen LogP contribution in [-0.2, 0) is 0 Å². The molecule has 2 amide bonds. The molecule has 6 nitrogen and oxygen atoms in total. The second-order valence-corrected chi connectivity index (χ2v) is 9.20. The minimum Gasteiger partial charge on any atom is -0.306 e. The number of carbonyl (C=O) groups is 1. The van der Waals surface area contributed by atoms with Gasteiger partial charge in [0, 0.05) is 10.7 Å². The standard InChI is InChI=1S/C18H19ClN4O2S2/c1-18(2)15(22(17(26)27-18)21-13-8-4-3-5-9-13)23(25)16(24)20-14-10-6-7-12(19)11-14/h3-11,15,21,25H,1-2H3,(H,20,24)/t15-/m1/s1. The number of thioether (sulfide) groups is 1. The minimum absolute atomic E-state index is 0.486. The lowest BCUT2D eigenvalue weighted by atomic mass is 10.1. The number of carbonyl (C=O) groups excluding carboxylic acids is 1. The first kappa shape index (κ1) is 19.8. The zero-order valence-electron chi connectivity index (χ0n) is 14.7. The average Bonchev–Trinajstić information content (AvgIpc) is 2.83. The van der Waals surface area contributed by atoms with E-state index >= 15 is 0 Å². The number of hydrogen-bond acceptors (Lipinski definition) is 5. The Hall–Kier alpha value is -2.00. The summed E-state index contributed by atoms with van der Waals surface area (Å²) >= 11 is 12.8. The lowest BCUT2D eigenvalue weighted by Crippen LogP contribution is -2.57. The Balaban J connectivity index is 1.81. The third-order valence-electron chi connectivity index (χ3n) is 3.95. The normalized spacial score (nSPS) is 18.3. The fraction of sp³-hybridized carbons (Fsp3) is 0.222. The third kappa shape index (κ3) is 4.47. The van der Waals surface area contributed by atoms with E-state index < -0.39 is 16.9 Å². The van der Waals surface area contributed by atoms with Crippen molar-refractivity contribution in [1.29, 1.82) is 0 Å². The first-order valence-corrected chi connectivity index (χ1v) is 9.77. The number of benzene rings is 2. The summed E-state index contributed by atoms with van der Waals surface area (Å²) in [6.07, 6.45) is -0.727. The van der Waals surface area contributed by atoms with Crippen molar-refractivity contribution < 1.29 is 10.0 Å². The lowest BCUT2D eigenvalue weighted by Gasteiger charge is -2.36. The van der Waals surface area contributed by atoms with Crippen LogP contribution in [0.1, 0.15) is 13.8 Å². The monoisotopic (exact) mass is 422 g/mol. The van der Waals surface area contributed by atoms with Crippen molar-refractivity contribution in [3.8, 4) is 0 Å². The Labute approximate surface area is 172 Å². The summed E-state index contributed by atoms with van der Waals surface area (Å²) in [5.74, 6) is 0. The van der Waals surface area contributed by atoms with Gasteiger partial charge in [0.25, 0.3) is 0 Å². The van der Waals surface area contributed by atoms with Crippen molar-refractivity contribution in [1.82, 2.24) is 10.1 Å². The molecule has 0 spiro atoms. The van der Waals surface area contributed by atoms with Crippen LogP contribution in [0.5, 0.6) is 0 Å². The average molecular weight is 423 g/mol. The van der Waals surface area contributed by atoms with Gasteiger partial charge in [-0.05, 0) is 44.2 Å². The highest BCUT2D eigenvalue weighted by molar-refractivity contribution is 8.24. The maximum atomic E-state index is 12.6. The third-order valence-corrected chi connectivity index (χ3v) is 5.74. The molecule has 1 fully saturated rings. The number of thiocarbonyl (C=S) groups is 1. The smallest absolute Gasteiger partial charge is 0.306 e. The van der Waals surface area contributed by atoms with Crippen molar-refractivity contribution in [3.05, 3.63) is 59.6 Å². The number of nitrogens with zero attached hydrogens (tertiary/aromatic N) is 2. The number of hydrazine groups is 1. The number of anilines is 2.